The number of furan rings is 1. The maximum Gasteiger partial charge on any atom is 0.316 e. The molecule has 2 aromatic rings. The summed E-state index contributed by atoms with van der Waals surface area (Å²) in [6, 6.07) is 9.57. The van der Waals surface area contributed by atoms with Crippen molar-refractivity contribution in [2.45, 2.75) is 25.7 Å². The van der Waals surface area contributed by atoms with Crippen molar-refractivity contribution in [3.8, 4) is 0 Å². The third-order valence-electron chi connectivity index (χ3n) is 3.30. The summed E-state index contributed by atoms with van der Waals surface area (Å²) in [6.07, 6.45) is 1.87. The van der Waals surface area contributed by atoms with Gasteiger partial charge in [0.25, 0.3) is 0 Å². The van der Waals surface area contributed by atoms with Crippen molar-refractivity contribution in [2.75, 3.05) is 6.61 Å². The van der Waals surface area contributed by atoms with Gasteiger partial charge in [-0.05, 0) is 43.7 Å². The number of halogens is 1. The van der Waals surface area contributed by atoms with Crippen LogP contribution < -0.4 is 0 Å². The number of benzene rings is 1. The molecule has 1 unspecified atom stereocenters. The Balaban J connectivity index is 2.40. The van der Waals surface area contributed by atoms with Crippen molar-refractivity contribution in [3.05, 3.63) is 59.8 Å². The molecule has 0 radical (unpaired) electrons. The first-order valence-corrected chi connectivity index (χ1v) is 6.52. The molecule has 0 fully saturated rings. The molecule has 20 heavy (non-hydrogen) atoms. The number of carbonyl (C=O) groups excluding carboxylic acids is 1. The number of ether oxygens (including phenoxy) is 1. The summed E-state index contributed by atoms with van der Waals surface area (Å²) >= 11 is 0. The third-order valence-corrected chi connectivity index (χ3v) is 3.30. The standard InChI is InChI=1S/C16H17FO3/c1-3-19-15(18)16(2,11-14-8-5-9-20-14)12-6-4-7-13(17)10-12/h4-10H,3,11H2,1-2H3. The van der Waals surface area contributed by atoms with Gasteiger partial charge in [0.05, 0.1) is 18.3 Å². The zero-order chi connectivity index (χ0) is 14.6. The average Bonchev–Trinajstić information content (AvgIpc) is 2.91. The summed E-state index contributed by atoms with van der Waals surface area (Å²) in [4.78, 5) is 12.3. The summed E-state index contributed by atoms with van der Waals surface area (Å²) in [5.41, 5.74) is -0.400. The van der Waals surface area contributed by atoms with E-state index in [1.807, 2.05) is 0 Å². The van der Waals surface area contributed by atoms with E-state index < -0.39 is 5.41 Å². The lowest BCUT2D eigenvalue weighted by molar-refractivity contribution is -0.149. The molecule has 0 bridgehead atoms. The quantitative estimate of drug-likeness (QED) is 0.785. The molecule has 0 spiro atoms. The van der Waals surface area contributed by atoms with Crippen molar-refractivity contribution in [1.29, 1.82) is 0 Å². The number of hydrogen-bond acceptors (Lipinski definition) is 3. The zero-order valence-electron chi connectivity index (χ0n) is 11.6. The highest BCUT2D eigenvalue weighted by atomic mass is 19.1. The molecule has 3 nitrogen and oxygen atoms in total. The van der Waals surface area contributed by atoms with Crippen molar-refractivity contribution >= 4 is 5.97 Å². The van der Waals surface area contributed by atoms with Gasteiger partial charge in [0.2, 0.25) is 0 Å². The molecule has 0 amide bonds. The number of carbonyl (C=O) groups is 1. The molecule has 1 aromatic heterocycles. The van der Waals surface area contributed by atoms with Gasteiger partial charge in [-0.25, -0.2) is 4.39 Å². The second kappa shape index (κ2) is 5.90. The molecule has 0 saturated carbocycles. The number of hydrogen-bond donors (Lipinski definition) is 0. The van der Waals surface area contributed by atoms with E-state index in [0.717, 1.165) is 0 Å². The molecule has 2 rings (SSSR count). The molecule has 1 aromatic carbocycles. The lowest BCUT2D eigenvalue weighted by Gasteiger charge is -2.27. The molecule has 0 aliphatic carbocycles. The Morgan fingerprint density at radius 1 is 1.35 bits per heavy atom. The fraction of sp³-hybridized carbons (Fsp3) is 0.312. The molecular formula is C16H17FO3. The Hall–Kier alpha value is -2.10. The van der Waals surface area contributed by atoms with E-state index in [4.69, 9.17) is 9.15 Å². The molecule has 106 valence electrons. The van der Waals surface area contributed by atoms with Crippen LogP contribution in [0.1, 0.15) is 25.2 Å². The Labute approximate surface area is 117 Å². The largest absolute Gasteiger partial charge is 0.469 e. The summed E-state index contributed by atoms with van der Waals surface area (Å²) < 4.78 is 23.9. The van der Waals surface area contributed by atoms with Gasteiger partial charge in [-0.3, -0.25) is 4.79 Å². The van der Waals surface area contributed by atoms with Crippen molar-refractivity contribution < 1.29 is 18.3 Å². The van der Waals surface area contributed by atoms with Gasteiger partial charge in [0.15, 0.2) is 0 Å². The van der Waals surface area contributed by atoms with Crippen LogP contribution in [-0.2, 0) is 21.4 Å². The molecule has 0 saturated heterocycles. The smallest absolute Gasteiger partial charge is 0.316 e. The Kier molecular flexibility index (Phi) is 4.23. The molecule has 0 aliphatic heterocycles. The highest BCUT2D eigenvalue weighted by Gasteiger charge is 2.38. The molecular weight excluding hydrogens is 259 g/mol. The highest BCUT2D eigenvalue weighted by Crippen LogP contribution is 2.30. The van der Waals surface area contributed by atoms with Crippen LogP contribution in [0.15, 0.2) is 47.1 Å². The predicted octanol–water partition coefficient (Wildman–Crippen LogP) is 3.48. The van der Waals surface area contributed by atoms with Crippen LogP contribution in [0.5, 0.6) is 0 Å². The van der Waals surface area contributed by atoms with Gasteiger partial charge in [-0.1, -0.05) is 12.1 Å². The second-order valence-electron chi connectivity index (χ2n) is 4.82. The second-order valence-corrected chi connectivity index (χ2v) is 4.82. The lowest BCUT2D eigenvalue weighted by Crippen LogP contribution is -2.36. The lowest BCUT2D eigenvalue weighted by atomic mass is 9.78. The van der Waals surface area contributed by atoms with Gasteiger partial charge in [0.1, 0.15) is 11.6 Å². The SMILES string of the molecule is CCOC(=O)C(C)(Cc1ccco1)c1cccc(F)c1. The van der Waals surface area contributed by atoms with Gasteiger partial charge in [-0.15, -0.1) is 0 Å². The van der Waals surface area contributed by atoms with Crippen LogP contribution >= 0.6 is 0 Å². The Morgan fingerprint density at radius 2 is 2.15 bits per heavy atom. The van der Waals surface area contributed by atoms with E-state index in [1.54, 1.807) is 44.4 Å². The maximum absolute atomic E-state index is 13.4. The van der Waals surface area contributed by atoms with E-state index in [1.165, 1.54) is 12.1 Å². The first kappa shape index (κ1) is 14.3. The van der Waals surface area contributed by atoms with Crippen molar-refractivity contribution in [3.63, 3.8) is 0 Å². The van der Waals surface area contributed by atoms with Crippen LogP contribution in [0, 0.1) is 5.82 Å². The summed E-state index contributed by atoms with van der Waals surface area (Å²) in [5.74, 6) is -0.107. The van der Waals surface area contributed by atoms with E-state index in [-0.39, 0.29) is 18.4 Å². The van der Waals surface area contributed by atoms with Crippen LogP contribution in [0.25, 0.3) is 0 Å². The first-order chi connectivity index (χ1) is 9.56. The highest BCUT2D eigenvalue weighted by molar-refractivity contribution is 5.83. The minimum atomic E-state index is -0.976. The number of rotatable bonds is 5. The molecule has 0 N–H and O–H groups in total. The van der Waals surface area contributed by atoms with E-state index in [0.29, 0.717) is 17.7 Å². The zero-order valence-corrected chi connectivity index (χ0v) is 11.6. The molecule has 1 atom stereocenters. The fourth-order valence-electron chi connectivity index (χ4n) is 2.18. The molecule has 0 aliphatic rings. The number of esters is 1. The van der Waals surface area contributed by atoms with Gasteiger partial charge in [-0.2, -0.15) is 0 Å². The van der Waals surface area contributed by atoms with Crippen LogP contribution in [0.4, 0.5) is 4.39 Å². The summed E-state index contributed by atoms with van der Waals surface area (Å²) in [7, 11) is 0. The monoisotopic (exact) mass is 276 g/mol. The normalized spacial score (nSPS) is 13.8. The van der Waals surface area contributed by atoms with Crippen LogP contribution in [0.2, 0.25) is 0 Å². The molecule has 4 heteroatoms. The van der Waals surface area contributed by atoms with E-state index >= 15 is 0 Å². The molecule has 1 heterocycles. The van der Waals surface area contributed by atoms with E-state index in [2.05, 4.69) is 0 Å². The maximum atomic E-state index is 13.4. The summed E-state index contributed by atoms with van der Waals surface area (Å²) in [5, 5.41) is 0. The van der Waals surface area contributed by atoms with E-state index in [9.17, 15) is 9.18 Å². The fourth-order valence-corrected chi connectivity index (χ4v) is 2.18. The average molecular weight is 276 g/mol. The first-order valence-electron chi connectivity index (χ1n) is 6.52. The third kappa shape index (κ3) is 2.90. The van der Waals surface area contributed by atoms with Crippen molar-refractivity contribution in [2.24, 2.45) is 0 Å². The Morgan fingerprint density at radius 3 is 2.75 bits per heavy atom. The van der Waals surface area contributed by atoms with Gasteiger partial charge >= 0.3 is 5.97 Å². The van der Waals surface area contributed by atoms with Gasteiger partial charge in [0, 0.05) is 6.42 Å². The minimum absolute atomic E-state index is 0.280. The topological polar surface area (TPSA) is 39.4 Å². The Bertz CT molecular complexity index is 577. The van der Waals surface area contributed by atoms with Crippen LogP contribution in [-0.4, -0.2) is 12.6 Å². The summed E-state index contributed by atoms with van der Waals surface area (Å²) in [6.45, 7) is 3.76. The predicted molar refractivity (Wildman–Crippen MR) is 72.8 cm³/mol. The minimum Gasteiger partial charge on any atom is -0.469 e. The van der Waals surface area contributed by atoms with Crippen LogP contribution in [0.3, 0.4) is 0 Å². The van der Waals surface area contributed by atoms with Gasteiger partial charge < -0.3 is 9.15 Å². The van der Waals surface area contributed by atoms with Crippen molar-refractivity contribution in [1.82, 2.24) is 0 Å².